The first kappa shape index (κ1) is 17.2. The molecule has 0 saturated heterocycles. The van der Waals surface area contributed by atoms with E-state index in [1.54, 1.807) is 0 Å². The highest BCUT2D eigenvalue weighted by atomic mass is 32.2. The SMILES string of the molecule is CC[Si](CC)(CC)Oc1ccc(CSc2ccccc2)cc1. The van der Waals surface area contributed by atoms with Crippen LogP contribution in [-0.2, 0) is 5.75 Å². The molecule has 0 fully saturated rings. The van der Waals surface area contributed by atoms with Gasteiger partial charge in [-0.1, -0.05) is 51.1 Å². The first-order valence-corrected chi connectivity index (χ1v) is 11.7. The molecule has 0 atom stereocenters. The molecule has 0 bridgehead atoms. The van der Waals surface area contributed by atoms with Crippen LogP contribution in [0.5, 0.6) is 5.75 Å². The van der Waals surface area contributed by atoms with E-state index in [1.165, 1.54) is 28.6 Å². The second kappa shape index (κ2) is 8.44. The number of rotatable bonds is 8. The summed E-state index contributed by atoms with van der Waals surface area (Å²) >= 11 is 1.87. The lowest BCUT2D eigenvalue weighted by atomic mass is 10.2. The van der Waals surface area contributed by atoms with Crippen molar-refractivity contribution in [2.45, 2.75) is 49.6 Å². The van der Waals surface area contributed by atoms with Gasteiger partial charge >= 0.3 is 0 Å². The average Bonchev–Trinajstić information content (AvgIpc) is 2.60. The second-order valence-corrected chi connectivity index (χ2v) is 11.3. The Labute approximate surface area is 140 Å². The first-order chi connectivity index (χ1) is 10.7. The van der Waals surface area contributed by atoms with E-state index >= 15 is 0 Å². The number of benzene rings is 2. The van der Waals surface area contributed by atoms with E-state index in [-0.39, 0.29) is 0 Å². The van der Waals surface area contributed by atoms with Gasteiger partial charge in [0.2, 0.25) is 8.32 Å². The molecule has 118 valence electrons. The fraction of sp³-hybridized carbons (Fsp3) is 0.368. The van der Waals surface area contributed by atoms with Crippen LogP contribution in [0.3, 0.4) is 0 Å². The van der Waals surface area contributed by atoms with E-state index in [9.17, 15) is 0 Å². The number of hydrogen-bond acceptors (Lipinski definition) is 2. The minimum absolute atomic E-state index is 1.00. The zero-order chi connectivity index (χ0) is 15.8. The van der Waals surface area contributed by atoms with Gasteiger partial charge in [0.1, 0.15) is 5.75 Å². The van der Waals surface area contributed by atoms with Crippen molar-refractivity contribution in [1.29, 1.82) is 0 Å². The van der Waals surface area contributed by atoms with Crippen molar-refractivity contribution in [3.8, 4) is 5.75 Å². The van der Waals surface area contributed by atoms with E-state index in [4.69, 9.17) is 4.43 Å². The van der Waals surface area contributed by atoms with Gasteiger partial charge in [-0.3, -0.25) is 0 Å². The van der Waals surface area contributed by atoms with Gasteiger partial charge in [-0.05, 0) is 48.0 Å². The molecule has 0 aromatic heterocycles. The maximum Gasteiger partial charge on any atom is 0.250 e. The minimum Gasteiger partial charge on any atom is -0.544 e. The topological polar surface area (TPSA) is 9.23 Å². The maximum atomic E-state index is 6.40. The quantitative estimate of drug-likeness (QED) is 0.411. The molecular formula is C19H26OSSi. The Balaban J connectivity index is 1.95. The lowest BCUT2D eigenvalue weighted by Crippen LogP contribution is -2.39. The first-order valence-electron chi connectivity index (χ1n) is 8.17. The van der Waals surface area contributed by atoms with Gasteiger partial charge in [0.05, 0.1) is 0 Å². The molecule has 2 aromatic rings. The fourth-order valence-corrected chi connectivity index (χ4v) is 6.00. The molecule has 0 spiro atoms. The van der Waals surface area contributed by atoms with E-state index in [0.717, 1.165) is 11.5 Å². The van der Waals surface area contributed by atoms with Crippen molar-refractivity contribution in [3.63, 3.8) is 0 Å². The highest BCUT2D eigenvalue weighted by Gasteiger charge is 2.30. The van der Waals surface area contributed by atoms with Crippen LogP contribution in [0.15, 0.2) is 59.5 Å². The van der Waals surface area contributed by atoms with Crippen molar-refractivity contribution in [2.24, 2.45) is 0 Å². The van der Waals surface area contributed by atoms with Crippen molar-refractivity contribution in [1.82, 2.24) is 0 Å². The van der Waals surface area contributed by atoms with Gasteiger partial charge in [-0.25, -0.2) is 0 Å². The third-order valence-corrected chi connectivity index (χ3v) is 9.96. The molecule has 0 aliphatic rings. The smallest absolute Gasteiger partial charge is 0.250 e. The van der Waals surface area contributed by atoms with Gasteiger partial charge in [0, 0.05) is 10.6 Å². The highest BCUT2D eigenvalue weighted by molar-refractivity contribution is 7.98. The standard InChI is InChI=1S/C19H26OSSi/c1-4-22(5-2,6-3)20-18-14-12-17(13-15-18)16-21-19-10-8-7-9-11-19/h7-15H,4-6,16H2,1-3H3. The van der Waals surface area contributed by atoms with Gasteiger partial charge in [0.25, 0.3) is 0 Å². The summed E-state index contributed by atoms with van der Waals surface area (Å²) in [6.45, 7) is 6.80. The van der Waals surface area contributed by atoms with Crippen LogP contribution in [0.4, 0.5) is 0 Å². The molecule has 0 heterocycles. The molecule has 22 heavy (non-hydrogen) atoms. The molecule has 0 saturated carbocycles. The Morgan fingerprint density at radius 1 is 0.818 bits per heavy atom. The van der Waals surface area contributed by atoms with Crippen LogP contribution < -0.4 is 4.43 Å². The average molecular weight is 331 g/mol. The van der Waals surface area contributed by atoms with Crippen molar-refractivity contribution in [2.75, 3.05) is 0 Å². The zero-order valence-electron chi connectivity index (χ0n) is 13.8. The summed E-state index contributed by atoms with van der Waals surface area (Å²) in [6.07, 6.45) is 0. The molecule has 0 aliphatic heterocycles. The maximum absolute atomic E-state index is 6.40. The molecule has 0 aliphatic carbocycles. The van der Waals surface area contributed by atoms with Crippen LogP contribution >= 0.6 is 11.8 Å². The minimum atomic E-state index is -1.55. The second-order valence-electron chi connectivity index (χ2n) is 5.59. The molecule has 2 rings (SSSR count). The summed E-state index contributed by atoms with van der Waals surface area (Å²) in [5.41, 5.74) is 1.35. The van der Waals surface area contributed by atoms with Crippen LogP contribution in [-0.4, -0.2) is 8.32 Å². The summed E-state index contributed by atoms with van der Waals surface area (Å²) in [5.74, 6) is 2.05. The predicted molar refractivity (Wildman–Crippen MR) is 100 cm³/mol. The molecule has 0 unspecified atom stereocenters. The van der Waals surface area contributed by atoms with Gasteiger partial charge in [0.15, 0.2) is 0 Å². The summed E-state index contributed by atoms with van der Waals surface area (Å²) in [6, 6.07) is 22.8. The molecule has 0 amide bonds. The lowest BCUT2D eigenvalue weighted by molar-refractivity contribution is 0.532. The van der Waals surface area contributed by atoms with Crippen LogP contribution in [0.25, 0.3) is 0 Å². The summed E-state index contributed by atoms with van der Waals surface area (Å²) < 4.78 is 6.40. The predicted octanol–water partition coefficient (Wildman–Crippen LogP) is 6.36. The van der Waals surface area contributed by atoms with Crippen LogP contribution in [0, 0.1) is 0 Å². The molecule has 0 radical (unpaired) electrons. The normalized spacial score (nSPS) is 11.4. The third-order valence-electron chi connectivity index (χ3n) is 4.34. The molecule has 2 aromatic carbocycles. The van der Waals surface area contributed by atoms with Gasteiger partial charge in [-0.15, -0.1) is 11.8 Å². The van der Waals surface area contributed by atoms with E-state index in [1.807, 2.05) is 11.8 Å². The fourth-order valence-electron chi connectivity index (χ4n) is 2.55. The Kier molecular flexibility index (Phi) is 6.59. The van der Waals surface area contributed by atoms with Crippen LogP contribution in [0.1, 0.15) is 26.3 Å². The summed E-state index contributed by atoms with van der Waals surface area (Å²) in [7, 11) is -1.55. The Bertz CT molecular complexity index is 541. The Morgan fingerprint density at radius 3 is 1.95 bits per heavy atom. The Hall–Kier alpha value is -1.19. The molecular weight excluding hydrogens is 304 g/mol. The van der Waals surface area contributed by atoms with Gasteiger partial charge in [-0.2, -0.15) is 0 Å². The molecule has 3 heteroatoms. The van der Waals surface area contributed by atoms with Crippen molar-refractivity contribution < 1.29 is 4.43 Å². The molecule has 1 nitrogen and oxygen atoms in total. The van der Waals surface area contributed by atoms with E-state index < -0.39 is 8.32 Å². The lowest BCUT2D eigenvalue weighted by Gasteiger charge is -2.29. The van der Waals surface area contributed by atoms with Gasteiger partial charge < -0.3 is 4.43 Å². The van der Waals surface area contributed by atoms with Crippen molar-refractivity contribution in [3.05, 3.63) is 60.2 Å². The van der Waals surface area contributed by atoms with E-state index in [2.05, 4.69) is 75.4 Å². The Morgan fingerprint density at radius 2 is 1.41 bits per heavy atom. The number of hydrogen-bond donors (Lipinski definition) is 0. The number of thioether (sulfide) groups is 1. The zero-order valence-corrected chi connectivity index (χ0v) is 15.7. The third kappa shape index (κ3) is 4.65. The summed E-state index contributed by atoms with van der Waals surface area (Å²) in [5, 5.41) is 0. The van der Waals surface area contributed by atoms with Crippen molar-refractivity contribution >= 4 is 20.1 Å². The molecule has 0 N–H and O–H groups in total. The van der Waals surface area contributed by atoms with E-state index in [0.29, 0.717) is 0 Å². The summed E-state index contributed by atoms with van der Waals surface area (Å²) in [4.78, 5) is 1.32. The monoisotopic (exact) mass is 330 g/mol. The van der Waals surface area contributed by atoms with Crippen LogP contribution in [0.2, 0.25) is 18.1 Å². The largest absolute Gasteiger partial charge is 0.544 e. The highest BCUT2D eigenvalue weighted by Crippen LogP contribution is 2.27.